The summed E-state index contributed by atoms with van der Waals surface area (Å²) in [5.74, 6) is 0. The van der Waals surface area contributed by atoms with Crippen LogP contribution in [0.3, 0.4) is 0 Å². The molecule has 2 atom stereocenters. The minimum absolute atomic E-state index is 0.0555. The molecule has 0 radical (unpaired) electrons. The number of hydrogen-bond acceptors (Lipinski definition) is 3. The monoisotopic (exact) mass is 147 g/mol. The van der Waals surface area contributed by atoms with Crippen molar-refractivity contribution >= 4 is 0 Å². The zero-order chi connectivity index (χ0) is 7.98. The Bertz CT molecular complexity index is 76.0. The summed E-state index contributed by atoms with van der Waals surface area (Å²) in [6.07, 6.45) is -0.350. The van der Waals surface area contributed by atoms with Gasteiger partial charge >= 0.3 is 0 Å². The Kier molecular flexibility index (Phi) is 5.58. The van der Waals surface area contributed by atoms with Crippen molar-refractivity contribution < 1.29 is 9.84 Å². The Morgan fingerprint density at radius 2 is 2.20 bits per heavy atom. The van der Waals surface area contributed by atoms with Crippen molar-refractivity contribution in [1.29, 1.82) is 0 Å². The van der Waals surface area contributed by atoms with Crippen LogP contribution in [0.5, 0.6) is 0 Å². The van der Waals surface area contributed by atoms with Gasteiger partial charge in [-0.15, -0.1) is 0 Å². The van der Waals surface area contributed by atoms with Crippen LogP contribution in [-0.2, 0) is 4.74 Å². The van der Waals surface area contributed by atoms with Crippen molar-refractivity contribution in [2.24, 2.45) is 0 Å². The molecule has 3 nitrogen and oxygen atoms in total. The zero-order valence-electron chi connectivity index (χ0n) is 6.92. The topological polar surface area (TPSA) is 41.5 Å². The van der Waals surface area contributed by atoms with Crippen LogP contribution in [0.2, 0.25) is 0 Å². The summed E-state index contributed by atoms with van der Waals surface area (Å²) in [5, 5.41) is 12.1. The van der Waals surface area contributed by atoms with E-state index in [0.29, 0.717) is 13.2 Å². The predicted octanol–water partition coefficient (Wildman–Crippen LogP) is -0.00830. The van der Waals surface area contributed by atoms with E-state index in [2.05, 4.69) is 5.32 Å². The Balaban J connectivity index is 3.40. The minimum atomic E-state index is -0.350. The van der Waals surface area contributed by atoms with E-state index >= 15 is 0 Å². The number of rotatable bonds is 5. The highest BCUT2D eigenvalue weighted by Gasteiger charge is 2.10. The highest BCUT2D eigenvalue weighted by atomic mass is 16.5. The van der Waals surface area contributed by atoms with E-state index in [4.69, 9.17) is 9.84 Å². The second-order valence-corrected chi connectivity index (χ2v) is 2.30. The Morgan fingerprint density at radius 3 is 2.50 bits per heavy atom. The first-order valence-corrected chi connectivity index (χ1v) is 3.65. The molecule has 1 unspecified atom stereocenters. The molecule has 0 amide bonds. The van der Waals surface area contributed by atoms with E-state index in [1.807, 2.05) is 14.0 Å². The maximum Gasteiger partial charge on any atom is 0.0687 e. The van der Waals surface area contributed by atoms with Crippen molar-refractivity contribution in [1.82, 2.24) is 5.32 Å². The fourth-order valence-corrected chi connectivity index (χ4v) is 0.709. The van der Waals surface area contributed by atoms with Gasteiger partial charge in [-0.05, 0) is 20.9 Å². The lowest BCUT2D eigenvalue weighted by Gasteiger charge is -2.18. The second kappa shape index (κ2) is 5.65. The van der Waals surface area contributed by atoms with Gasteiger partial charge in [0.2, 0.25) is 0 Å². The fourth-order valence-electron chi connectivity index (χ4n) is 0.709. The summed E-state index contributed by atoms with van der Waals surface area (Å²) < 4.78 is 5.13. The summed E-state index contributed by atoms with van der Waals surface area (Å²) in [7, 11) is 1.82. The van der Waals surface area contributed by atoms with E-state index in [1.165, 1.54) is 0 Å². The fraction of sp³-hybridized carbons (Fsp3) is 1.00. The van der Waals surface area contributed by atoms with Gasteiger partial charge in [0.1, 0.15) is 0 Å². The van der Waals surface area contributed by atoms with E-state index in [-0.39, 0.29) is 12.1 Å². The summed E-state index contributed by atoms with van der Waals surface area (Å²) in [5.41, 5.74) is 0. The third kappa shape index (κ3) is 3.82. The van der Waals surface area contributed by atoms with Crippen molar-refractivity contribution in [2.45, 2.75) is 26.0 Å². The Hall–Kier alpha value is -0.120. The summed E-state index contributed by atoms with van der Waals surface area (Å²) in [6.45, 7) is 4.96. The summed E-state index contributed by atoms with van der Waals surface area (Å²) in [4.78, 5) is 0. The van der Waals surface area contributed by atoms with Crippen molar-refractivity contribution in [2.75, 3.05) is 20.3 Å². The van der Waals surface area contributed by atoms with Crippen molar-refractivity contribution in [3.8, 4) is 0 Å². The molecular weight excluding hydrogens is 130 g/mol. The standard InChI is InChI=1S/C7H17NO2/c1-4-10-5-7(8-3)6(2)9/h6-9H,4-5H2,1-3H3/t6-,7?/m1/s1. The maximum atomic E-state index is 9.10. The van der Waals surface area contributed by atoms with Crippen molar-refractivity contribution in [3.63, 3.8) is 0 Å². The largest absolute Gasteiger partial charge is 0.392 e. The number of likely N-dealkylation sites (N-methyl/N-ethyl adjacent to an activating group) is 1. The Labute approximate surface area is 62.4 Å². The predicted molar refractivity (Wildman–Crippen MR) is 41.0 cm³/mol. The molecule has 0 aliphatic heterocycles. The highest BCUT2D eigenvalue weighted by Crippen LogP contribution is 1.91. The SMILES string of the molecule is CCOCC(NC)[C@@H](C)O. The van der Waals surface area contributed by atoms with E-state index < -0.39 is 0 Å². The molecule has 3 heteroatoms. The maximum absolute atomic E-state index is 9.10. The average molecular weight is 147 g/mol. The third-order valence-corrected chi connectivity index (χ3v) is 1.45. The van der Waals surface area contributed by atoms with Crippen molar-refractivity contribution in [3.05, 3.63) is 0 Å². The van der Waals surface area contributed by atoms with Gasteiger partial charge in [-0.25, -0.2) is 0 Å². The third-order valence-electron chi connectivity index (χ3n) is 1.45. The lowest BCUT2D eigenvalue weighted by Crippen LogP contribution is -2.39. The molecule has 0 aromatic rings. The quantitative estimate of drug-likeness (QED) is 0.575. The normalized spacial score (nSPS) is 16.8. The molecule has 0 rings (SSSR count). The molecular formula is C7H17NO2. The molecule has 0 aliphatic rings. The molecule has 0 spiro atoms. The molecule has 0 saturated carbocycles. The molecule has 10 heavy (non-hydrogen) atoms. The molecule has 62 valence electrons. The van der Waals surface area contributed by atoms with Crippen LogP contribution in [0, 0.1) is 0 Å². The van der Waals surface area contributed by atoms with Gasteiger partial charge in [-0.3, -0.25) is 0 Å². The number of aliphatic hydroxyl groups excluding tert-OH is 1. The molecule has 0 bridgehead atoms. The van der Waals surface area contributed by atoms with Gasteiger partial charge in [0.25, 0.3) is 0 Å². The Morgan fingerprint density at radius 1 is 1.60 bits per heavy atom. The molecule has 0 heterocycles. The summed E-state index contributed by atoms with van der Waals surface area (Å²) in [6, 6.07) is 0.0555. The van der Waals surface area contributed by atoms with Gasteiger partial charge in [0.05, 0.1) is 18.8 Å². The van der Waals surface area contributed by atoms with Crippen LogP contribution in [0.25, 0.3) is 0 Å². The van der Waals surface area contributed by atoms with Gasteiger partial charge in [-0.2, -0.15) is 0 Å². The number of aliphatic hydroxyl groups is 1. The van der Waals surface area contributed by atoms with Crippen LogP contribution in [0.15, 0.2) is 0 Å². The second-order valence-electron chi connectivity index (χ2n) is 2.30. The van der Waals surface area contributed by atoms with Gasteiger partial charge < -0.3 is 15.2 Å². The smallest absolute Gasteiger partial charge is 0.0687 e. The molecule has 0 aromatic carbocycles. The first-order chi connectivity index (χ1) is 4.72. The molecule has 0 aromatic heterocycles. The van der Waals surface area contributed by atoms with Crippen LogP contribution < -0.4 is 5.32 Å². The molecule has 2 N–H and O–H groups in total. The number of nitrogens with one attached hydrogen (secondary N) is 1. The van der Waals surface area contributed by atoms with Gasteiger partial charge in [0, 0.05) is 6.61 Å². The van der Waals surface area contributed by atoms with E-state index in [0.717, 1.165) is 0 Å². The molecule has 0 fully saturated rings. The number of hydrogen-bond donors (Lipinski definition) is 2. The number of ether oxygens (including phenoxy) is 1. The van der Waals surface area contributed by atoms with Gasteiger partial charge in [-0.1, -0.05) is 0 Å². The zero-order valence-corrected chi connectivity index (χ0v) is 6.92. The minimum Gasteiger partial charge on any atom is -0.392 e. The van der Waals surface area contributed by atoms with Crippen LogP contribution >= 0.6 is 0 Å². The lowest BCUT2D eigenvalue weighted by atomic mass is 10.2. The van der Waals surface area contributed by atoms with Crippen LogP contribution in [-0.4, -0.2) is 37.5 Å². The average Bonchev–Trinajstić information content (AvgIpc) is 1.89. The highest BCUT2D eigenvalue weighted by molar-refractivity contribution is 4.68. The van der Waals surface area contributed by atoms with E-state index in [9.17, 15) is 0 Å². The first-order valence-electron chi connectivity index (χ1n) is 3.65. The van der Waals surface area contributed by atoms with Crippen LogP contribution in [0.4, 0.5) is 0 Å². The summed E-state index contributed by atoms with van der Waals surface area (Å²) >= 11 is 0. The first kappa shape index (κ1) is 9.88. The van der Waals surface area contributed by atoms with Crippen LogP contribution in [0.1, 0.15) is 13.8 Å². The van der Waals surface area contributed by atoms with Gasteiger partial charge in [0.15, 0.2) is 0 Å². The lowest BCUT2D eigenvalue weighted by molar-refractivity contribution is 0.0649. The molecule has 0 saturated heterocycles. The molecule has 0 aliphatic carbocycles. The van der Waals surface area contributed by atoms with E-state index in [1.54, 1.807) is 6.92 Å².